The summed E-state index contributed by atoms with van der Waals surface area (Å²) in [6, 6.07) is 1.99. The van der Waals surface area contributed by atoms with Crippen LogP contribution in [0.3, 0.4) is 0 Å². The van der Waals surface area contributed by atoms with Crippen molar-refractivity contribution >= 4 is 11.8 Å². The molecule has 0 spiro atoms. The maximum atomic E-state index is 9.93. The van der Waals surface area contributed by atoms with E-state index in [0.29, 0.717) is 6.54 Å². The summed E-state index contributed by atoms with van der Waals surface area (Å²) in [6.45, 7) is 3.99. The highest BCUT2D eigenvalue weighted by molar-refractivity contribution is 5.45. The summed E-state index contributed by atoms with van der Waals surface area (Å²) in [7, 11) is 0. The second kappa shape index (κ2) is 5.87. The van der Waals surface area contributed by atoms with Crippen molar-refractivity contribution in [2.24, 2.45) is 23.7 Å². The molecule has 6 rings (SSSR count). The topological polar surface area (TPSA) is 52.5 Å². The minimum atomic E-state index is -0.220. The van der Waals surface area contributed by atoms with Gasteiger partial charge < -0.3 is 14.9 Å². The van der Waals surface area contributed by atoms with Crippen LogP contribution in [0.25, 0.3) is 0 Å². The van der Waals surface area contributed by atoms with E-state index in [-0.39, 0.29) is 6.10 Å². The molecule has 0 radical (unpaired) electrons. The SMILES string of the molecule is OC1CCCN(c2ccnc(N3C[C@@H]4C5CCC(CC5)[C@@H]4C3)n2)C1. The summed E-state index contributed by atoms with van der Waals surface area (Å²) < 4.78 is 0. The zero-order chi connectivity index (χ0) is 16.1. The highest BCUT2D eigenvalue weighted by atomic mass is 16.3. The van der Waals surface area contributed by atoms with Crippen LogP contribution >= 0.6 is 0 Å². The van der Waals surface area contributed by atoms with Crippen LogP contribution < -0.4 is 9.80 Å². The number of anilines is 2. The van der Waals surface area contributed by atoms with Crippen molar-refractivity contribution < 1.29 is 5.11 Å². The number of fused-ring (bicyclic) bond motifs is 2. The third-order valence-electron chi connectivity index (χ3n) is 7.07. The molecule has 3 aliphatic carbocycles. The average Bonchev–Trinajstić information content (AvgIpc) is 3.10. The van der Waals surface area contributed by atoms with Crippen LogP contribution in [0.1, 0.15) is 38.5 Å². The zero-order valence-electron chi connectivity index (χ0n) is 14.3. The molecular formula is C19H28N4O. The molecule has 1 N–H and O–H groups in total. The number of hydrogen-bond acceptors (Lipinski definition) is 5. The molecular weight excluding hydrogens is 300 g/mol. The van der Waals surface area contributed by atoms with E-state index in [1.54, 1.807) is 0 Å². The van der Waals surface area contributed by atoms with Gasteiger partial charge in [0, 0.05) is 32.4 Å². The monoisotopic (exact) mass is 328 g/mol. The number of piperidine rings is 1. The molecule has 1 aromatic heterocycles. The van der Waals surface area contributed by atoms with E-state index in [2.05, 4.69) is 14.8 Å². The molecule has 5 heteroatoms. The molecule has 2 aliphatic heterocycles. The van der Waals surface area contributed by atoms with Crippen molar-refractivity contribution in [1.82, 2.24) is 9.97 Å². The predicted octanol–water partition coefficient (Wildman–Crippen LogP) is 2.31. The van der Waals surface area contributed by atoms with Gasteiger partial charge in [-0.25, -0.2) is 4.98 Å². The van der Waals surface area contributed by atoms with Crippen LogP contribution in [0.5, 0.6) is 0 Å². The molecule has 24 heavy (non-hydrogen) atoms. The summed E-state index contributed by atoms with van der Waals surface area (Å²) in [4.78, 5) is 14.1. The van der Waals surface area contributed by atoms with Gasteiger partial charge in [-0.15, -0.1) is 0 Å². The average molecular weight is 328 g/mol. The first-order valence-corrected chi connectivity index (χ1v) is 9.79. The first-order valence-electron chi connectivity index (χ1n) is 9.79. The lowest BCUT2D eigenvalue weighted by molar-refractivity contribution is 0.0577. The lowest BCUT2D eigenvalue weighted by Gasteiger charge is -2.44. The van der Waals surface area contributed by atoms with Gasteiger partial charge in [0.2, 0.25) is 5.95 Å². The summed E-state index contributed by atoms with van der Waals surface area (Å²) in [5.41, 5.74) is 0. The molecule has 1 aromatic rings. The number of aliphatic hydroxyl groups is 1. The summed E-state index contributed by atoms with van der Waals surface area (Å²) >= 11 is 0. The van der Waals surface area contributed by atoms with E-state index in [0.717, 1.165) is 67.9 Å². The highest BCUT2D eigenvalue weighted by Gasteiger charge is 2.48. The quantitative estimate of drug-likeness (QED) is 0.903. The van der Waals surface area contributed by atoms with Gasteiger partial charge in [0.25, 0.3) is 0 Å². The maximum Gasteiger partial charge on any atom is 0.227 e. The van der Waals surface area contributed by atoms with Crippen LogP contribution in [0.4, 0.5) is 11.8 Å². The number of aromatic nitrogens is 2. The molecule has 2 saturated heterocycles. The van der Waals surface area contributed by atoms with E-state index < -0.39 is 0 Å². The smallest absolute Gasteiger partial charge is 0.227 e. The fraction of sp³-hybridized carbons (Fsp3) is 0.789. The van der Waals surface area contributed by atoms with Crippen molar-refractivity contribution in [3.8, 4) is 0 Å². The third-order valence-corrected chi connectivity index (χ3v) is 7.07. The van der Waals surface area contributed by atoms with E-state index >= 15 is 0 Å². The highest BCUT2D eigenvalue weighted by Crippen LogP contribution is 2.52. The molecule has 3 saturated carbocycles. The standard InChI is InChI=1S/C19H28N4O/c24-15-2-1-9-22(10-15)18-7-8-20-19(21-18)23-11-16-13-3-4-14(6-5-13)17(16)12-23/h7-8,13-17,24H,1-6,9-12H2/t13?,14?,15?,16-,17+. The van der Waals surface area contributed by atoms with Gasteiger partial charge in [-0.1, -0.05) is 0 Å². The Morgan fingerprint density at radius 3 is 2.29 bits per heavy atom. The fourth-order valence-electron chi connectivity index (χ4n) is 5.85. The maximum absolute atomic E-state index is 9.93. The van der Waals surface area contributed by atoms with Crippen LogP contribution in [0.15, 0.2) is 12.3 Å². The molecule has 130 valence electrons. The number of hydrogen-bond donors (Lipinski definition) is 1. The Kier molecular flexibility index (Phi) is 3.65. The molecule has 5 aliphatic rings. The second-order valence-electron chi connectivity index (χ2n) is 8.36. The van der Waals surface area contributed by atoms with Gasteiger partial charge >= 0.3 is 0 Å². The molecule has 1 unspecified atom stereocenters. The van der Waals surface area contributed by atoms with Crippen LogP contribution in [0.2, 0.25) is 0 Å². The lowest BCUT2D eigenvalue weighted by atomic mass is 9.60. The Balaban J connectivity index is 1.35. The van der Waals surface area contributed by atoms with Gasteiger partial charge in [-0.2, -0.15) is 4.98 Å². The Morgan fingerprint density at radius 1 is 0.917 bits per heavy atom. The number of aliphatic hydroxyl groups excluding tert-OH is 1. The van der Waals surface area contributed by atoms with Gasteiger partial charge in [0.15, 0.2) is 0 Å². The van der Waals surface area contributed by atoms with E-state index in [9.17, 15) is 5.11 Å². The number of rotatable bonds is 2. The molecule has 2 bridgehead atoms. The van der Waals surface area contributed by atoms with Crippen LogP contribution in [-0.4, -0.2) is 47.4 Å². The minimum Gasteiger partial charge on any atom is -0.391 e. The van der Waals surface area contributed by atoms with Crippen molar-refractivity contribution in [3.05, 3.63) is 12.3 Å². The summed E-state index contributed by atoms with van der Waals surface area (Å²) in [6.07, 6.45) is 9.43. The molecule has 5 nitrogen and oxygen atoms in total. The van der Waals surface area contributed by atoms with Crippen molar-refractivity contribution in [2.45, 2.75) is 44.6 Å². The number of nitrogens with zero attached hydrogens (tertiary/aromatic N) is 4. The second-order valence-corrected chi connectivity index (χ2v) is 8.36. The molecule has 3 heterocycles. The van der Waals surface area contributed by atoms with Gasteiger partial charge in [0.1, 0.15) is 5.82 Å². The third kappa shape index (κ3) is 2.48. The van der Waals surface area contributed by atoms with Crippen molar-refractivity contribution in [3.63, 3.8) is 0 Å². The Hall–Kier alpha value is -1.36. The van der Waals surface area contributed by atoms with Crippen LogP contribution in [0, 0.1) is 23.7 Å². The minimum absolute atomic E-state index is 0.220. The van der Waals surface area contributed by atoms with Gasteiger partial charge in [0.05, 0.1) is 6.10 Å². The molecule has 3 atom stereocenters. The van der Waals surface area contributed by atoms with E-state index in [1.807, 2.05) is 12.3 Å². The van der Waals surface area contributed by atoms with E-state index in [4.69, 9.17) is 4.98 Å². The lowest BCUT2D eigenvalue weighted by Crippen LogP contribution is -2.39. The van der Waals surface area contributed by atoms with Crippen LogP contribution in [-0.2, 0) is 0 Å². The largest absolute Gasteiger partial charge is 0.391 e. The molecule has 0 aromatic carbocycles. The Morgan fingerprint density at radius 2 is 1.62 bits per heavy atom. The van der Waals surface area contributed by atoms with E-state index in [1.165, 1.54) is 25.7 Å². The number of β-amino-alcohol motifs (C(OH)–C–C–N with tert-alkyl or cyclic N) is 1. The Bertz CT molecular complexity index is 581. The molecule has 0 amide bonds. The first kappa shape index (κ1) is 14.9. The Labute approximate surface area is 144 Å². The van der Waals surface area contributed by atoms with Crippen molar-refractivity contribution in [2.75, 3.05) is 36.0 Å². The molecule has 5 fully saturated rings. The zero-order valence-corrected chi connectivity index (χ0v) is 14.3. The first-order chi connectivity index (χ1) is 11.8. The predicted molar refractivity (Wildman–Crippen MR) is 94.1 cm³/mol. The summed E-state index contributed by atoms with van der Waals surface area (Å²) in [5, 5.41) is 9.93. The normalized spacial score (nSPS) is 38.5. The fourth-order valence-corrected chi connectivity index (χ4v) is 5.85. The van der Waals surface area contributed by atoms with Crippen molar-refractivity contribution in [1.29, 1.82) is 0 Å². The van der Waals surface area contributed by atoms with Gasteiger partial charge in [-0.05, 0) is 68.3 Å². The van der Waals surface area contributed by atoms with Gasteiger partial charge in [-0.3, -0.25) is 0 Å². The summed E-state index contributed by atoms with van der Waals surface area (Å²) in [5.74, 6) is 5.54.